The van der Waals surface area contributed by atoms with Crippen LogP contribution >= 0.6 is 0 Å². The molecule has 0 spiro atoms. The molecule has 0 saturated heterocycles. The number of amides is 1. The highest BCUT2D eigenvalue weighted by molar-refractivity contribution is 5.93. The number of likely N-dealkylation sites (N-methyl/N-ethyl adjacent to an activating group) is 1. The molecule has 0 radical (unpaired) electrons. The van der Waals surface area contributed by atoms with Gasteiger partial charge in [0.1, 0.15) is 0 Å². The molecule has 0 unspecified atom stereocenters. The van der Waals surface area contributed by atoms with Crippen LogP contribution in [-0.4, -0.2) is 32.8 Å². The third-order valence-corrected chi connectivity index (χ3v) is 2.73. The number of anilines is 2. The van der Waals surface area contributed by atoms with Gasteiger partial charge in [0, 0.05) is 20.1 Å². The normalized spacial score (nSPS) is 14.6. The molecule has 1 aromatic rings. The maximum atomic E-state index is 11.8. The molecule has 0 N–H and O–H groups in total. The number of para-hydroxylation sites is 2. The molecule has 1 heterocycles. The lowest BCUT2D eigenvalue weighted by Gasteiger charge is -2.34. The van der Waals surface area contributed by atoms with Crippen LogP contribution in [0.5, 0.6) is 0 Å². The molecule has 0 aromatic heterocycles. The van der Waals surface area contributed by atoms with Gasteiger partial charge in [0.15, 0.2) is 0 Å². The lowest BCUT2D eigenvalue weighted by Crippen LogP contribution is -2.42. The van der Waals surface area contributed by atoms with E-state index in [0.717, 1.165) is 17.9 Å². The Bertz CT molecular complexity index is 392. The minimum Gasteiger partial charge on any atom is -0.449 e. The molecule has 1 amide bonds. The second-order valence-corrected chi connectivity index (χ2v) is 3.76. The van der Waals surface area contributed by atoms with Gasteiger partial charge in [-0.25, -0.2) is 4.79 Å². The Labute approximate surface area is 95.4 Å². The van der Waals surface area contributed by atoms with Gasteiger partial charge in [-0.1, -0.05) is 12.1 Å². The van der Waals surface area contributed by atoms with Crippen LogP contribution in [0.25, 0.3) is 0 Å². The Balaban J connectivity index is 2.31. The summed E-state index contributed by atoms with van der Waals surface area (Å²) >= 11 is 0. The summed E-state index contributed by atoms with van der Waals surface area (Å²) in [4.78, 5) is 15.6. The van der Waals surface area contributed by atoms with Gasteiger partial charge in [0.05, 0.1) is 18.0 Å². The number of rotatable bonds is 1. The van der Waals surface area contributed by atoms with Gasteiger partial charge >= 0.3 is 6.09 Å². The lowest BCUT2D eigenvalue weighted by molar-refractivity contribution is 0.159. The van der Waals surface area contributed by atoms with Crippen molar-refractivity contribution in [1.29, 1.82) is 0 Å². The summed E-state index contributed by atoms with van der Waals surface area (Å²) in [5, 5.41) is 0. The van der Waals surface area contributed by atoms with Crippen molar-refractivity contribution in [3.8, 4) is 0 Å². The molecule has 0 bridgehead atoms. The largest absolute Gasteiger partial charge is 0.449 e. The van der Waals surface area contributed by atoms with Crippen LogP contribution in [0.2, 0.25) is 0 Å². The number of fused-ring (bicyclic) bond motifs is 1. The van der Waals surface area contributed by atoms with Crippen LogP contribution < -0.4 is 9.80 Å². The summed E-state index contributed by atoms with van der Waals surface area (Å²) in [7, 11) is 2.03. The fourth-order valence-corrected chi connectivity index (χ4v) is 1.90. The number of hydrogen-bond donors (Lipinski definition) is 0. The van der Waals surface area contributed by atoms with Crippen LogP contribution in [-0.2, 0) is 4.74 Å². The molecule has 4 nitrogen and oxygen atoms in total. The summed E-state index contributed by atoms with van der Waals surface area (Å²) in [6.07, 6.45) is -0.261. The number of benzene rings is 1. The topological polar surface area (TPSA) is 32.8 Å². The Morgan fingerprint density at radius 1 is 1.31 bits per heavy atom. The average molecular weight is 220 g/mol. The Morgan fingerprint density at radius 2 is 2.00 bits per heavy atom. The van der Waals surface area contributed by atoms with Gasteiger partial charge in [-0.15, -0.1) is 0 Å². The van der Waals surface area contributed by atoms with E-state index in [1.54, 1.807) is 4.90 Å². The maximum absolute atomic E-state index is 11.8. The predicted octanol–water partition coefficient (Wildman–Crippen LogP) is 2.10. The molecule has 2 rings (SSSR count). The highest BCUT2D eigenvalue weighted by Gasteiger charge is 2.25. The van der Waals surface area contributed by atoms with Crippen LogP contribution in [0.1, 0.15) is 6.92 Å². The van der Waals surface area contributed by atoms with Crippen LogP contribution in [0.4, 0.5) is 16.2 Å². The zero-order valence-electron chi connectivity index (χ0n) is 9.64. The van der Waals surface area contributed by atoms with Crippen LogP contribution in [0, 0.1) is 0 Å². The van der Waals surface area contributed by atoms with Gasteiger partial charge < -0.3 is 9.64 Å². The fourth-order valence-electron chi connectivity index (χ4n) is 1.90. The zero-order valence-corrected chi connectivity index (χ0v) is 9.64. The second-order valence-electron chi connectivity index (χ2n) is 3.76. The van der Waals surface area contributed by atoms with Crippen molar-refractivity contribution in [3.05, 3.63) is 24.3 Å². The molecule has 1 aliphatic rings. The van der Waals surface area contributed by atoms with E-state index in [1.807, 2.05) is 38.2 Å². The summed E-state index contributed by atoms with van der Waals surface area (Å²) in [6, 6.07) is 7.87. The van der Waals surface area contributed by atoms with E-state index in [9.17, 15) is 4.79 Å². The van der Waals surface area contributed by atoms with E-state index in [2.05, 4.69) is 4.90 Å². The van der Waals surface area contributed by atoms with E-state index in [-0.39, 0.29) is 6.09 Å². The molecule has 0 atom stereocenters. The average Bonchev–Trinajstić information content (AvgIpc) is 2.30. The van der Waals surface area contributed by atoms with Gasteiger partial charge in [-0.2, -0.15) is 0 Å². The van der Waals surface area contributed by atoms with E-state index in [4.69, 9.17) is 4.74 Å². The van der Waals surface area contributed by atoms with Crippen molar-refractivity contribution in [1.82, 2.24) is 0 Å². The summed E-state index contributed by atoms with van der Waals surface area (Å²) in [5.41, 5.74) is 2.00. The molecule has 16 heavy (non-hydrogen) atoms. The van der Waals surface area contributed by atoms with Crippen LogP contribution in [0.15, 0.2) is 24.3 Å². The molecule has 0 saturated carbocycles. The van der Waals surface area contributed by atoms with Crippen molar-refractivity contribution in [2.45, 2.75) is 6.92 Å². The smallest absolute Gasteiger partial charge is 0.414 e. The van der Waals surface area contributed by atoms with Crippen molar-refractivity contribution < 1.29 is 9.53 Å². The van der Waals surface area contributed by atoms with E-state index < -0.39 is 0 Å². The molecule has 4 heteroatoms. The van der Waals surface area contributed by atoms with Gasteiger partial charge in [-0.3, -0.25) is 4.90 Å². The summed E-state index contributed by atoms with van der Waals surface area (Å²) in [6.45, 7) is 3.73. The molecule has 1 aliphatic heterocycles. The monoisotopic (exact) mass is 220 g/mol. The Kier molecular flexibility index (Phi) is 2.99. The SMILES string of the molecule is CCOC(=O)N1CCN(C)c2ccccc21. The number of ether oxygens (including phenoxy) is 1. The first-order valence-electron chi connectivity index (χ1n) is 5.48. The zero-order chi connectivity index (χ0) is 11.5. The highest BCUT2D eigenvalue weighted by atomic mass is 16.6. The molecular weight excluding hydrogens is 204 g/mol. The van der Waals surface area contributed by atoms with Crippen LogP contribution in [0.3, 0.4) is 0 Å². The molecular formula is C12H16N2O2. The standard InChI is InChI=1S/C12H16N2O2/c1-3-16-12(15)14-9-8-13(2)10-6-4-5-7-11(10)14/h4-7H,3,8-9H2,1-2H3. The molecule has 0 fully saturated rings. The molecule has 1 aromatic carbocycles. The van der Waals surface area contributed by atoms with Crippen molar-refractivity contribution >= 4 is 17.5 Å². The van der Waals surface area contributed by atoms with Gasteiger partial charge in [0.2, 0.25) is 0 Å². The molecule has 0 aliphatic carbocycles. The maximum Gasteiger partial charge on any atom is 0.414 e. The first-order valence-corrected chi connectivity index (χ1v) is 5.48. The van der Waals surface area contributed by atoms with Crippen molar-refractivity contribution in [2.24, 2.45) is 0 Å². The highest BCUT2D eigenvalue weighted by Crippen LogP contribution is 2.31. The number of hydrogen-bond acceptors (Lipinski definition) is 3. The second kappa shape index (κ2) is 4.43. The predicted molar refractivity (Wildman–Crippen MR) is 64.1 cm³/mol. The first-order chi connectivity index (χ1) is 7.74. The lowest BCUT2D eigenvalue weighted by atomic mass is 10.2. The van der Waals surface area contributed by atoms with Crippen molar-refractivity contribution in [2.75, 3.05) is 36.5 Å². The van der Waals surface area contributed by atoms with E-state index in [1.165, 1.54) is 0 Å². The van der Waals surface area contributed by atoms with E-state index >= 15 is 0 Å². The minimum absolute atomic E-state index is 0.261. The third-order valence-electron chi connectivity index (χ3n) is 2.73. The number of nitrogens with zero attached hydrogens (tertiary/aromatic N) is 2. The quantitative estimate of drug-likeness (QED) is 0.726. The first kappa shape index (κ1) is 10.8. The molecule has 86 valence electrons. The Morgan fingerprint density at radius 3 is 2.69 bits per heavy atom. The van der Waals surface area contributed by atoms with E-state index in [0.29, 0.717) is 13.2 Å². The fraction of sp³-hybridized carbons (Fsp3) is 0.417. The van der Waals surface area contributed by atoms with Crippen molar-refractivity contribution in [3.63, 3.8) is 0 Å². The Hall–Kier alpha value is -1.71. The third kappa shape index (κ3) is 1.83. The van der Waals surface area contributed by atoms with Gasteiger partial charge in [-0.05, 0) is 19.1 Å². The number of carbonyl (C=O) groups is 1. The summed E-state index contributed by atoms with van der Waals surface area (Å²) in [5.74, 6) is 0. The summed E-state index contributed by atoms with van der Waals surface area (Å²) < 4.78 is 5.04. The number of carbonyl (C=O) groups excluding carboxylic acids is 1. The minimum atomic E-state index is -0.261. The van der Waals surface area contributed by atoms with Gasteiger partial charge in [0.25, 0.3) is 0 Å².